The van der Waals surface area contributed by atoms with Crippen LogP contribution in [0.5, 0.6) is 5.75 Å². The molecule has 7 nitrogen and oxygen atoms in total. The van der Waals surface area contributed by atoms with E-state index in [-0.39, 0.29) is 12.5 Å². The Kier molecular flexibility index (Phi) is 5.57. The average Bonchev–Trinajstić information content (AvgIpc) is 2.49. The van der Waals surface area contributed by atoms with Crippen LogP contribution in [0, 0.1) is 13.8 Å². The standard InChI is InChI=1S/C17H21N3O4/c1-12-8-13(2)10-14(9-12)24-7-6-19(3)17(23)11-20-16(22)5-4-15(21)18-20/h4-5,8-10H,6-7,11H2,1-3H3,(H,18,21). The van der Waals surface area contributed by atoms with E-state index >= 15 is 0 Å². The van der Waals surface area contributed by atoms with Crippen LogP contribution in [0.2, 0.25) is 0 Å². The summed E-state index contributed by atoms with van der Waals surface area (Å²) < 4.78 is 6.65. The van der Waals surface area contributed by atoms with E-state index in [1.807, 2.05) is 26.0 Å². The maximum atomic E-state index is 12.1. The number of ether oxygens (including phenoxy) is 1. The topological polar surface area (TPSA) is 84.4 Å². The number of hydrogen-bond acceptors (Lipinski definition) is 4. The fraction of sp³-hybridized carbons (Fsp3) is 0.353. The highest BCUT2D eigenvalue weighted by Gasteiger charge is 2.11. The Balaban J connectivity index is 1.88. The molecule has 0 bridgehead atoms. The first-order valence-corrected chi connectivity index (χ1v) is 7.60. The molecule has 0 aliphatic heterocycles. The SMILES string of the molecule is Cc1cc(C)cc(OCCN(C)C(=O)Cn2[nH]c(=O)ccc2=O)c1. The minimum atomic E-state index is -0.428. The van der Waals surface area contributed by atoms with Crippen molar-refractivity contribution in [3.8, 4) is 5.75 Å². The fourth-order valence-corrected chi connectivity index (χ4v) is 2.28. The molecule has 2 rings (SSSR count). The molecule has 1 amide bonds. The minimum Gasteiger partial charge on any atom is -0.492 e. The molecule has 0 spiro atoms. The van der Waals surface area contributed by atoms with Crippen LogP contribution < -0.4 is 15.9 Å². The molecule has 0 aliphatic rings. The number of aromatic nitrogens is 2. The number of carbonyl (C=O) groups is 1. The molecule has 0 unspecified atom stereocenters. The molecule has 2 aromatic rings. The summed E-state index contributed by atoms with van der Waals surface area (Å²) in [5.41, 5.74) is 1.37. The molecule has 0 radical (unpaired) electrons. The van der Waals surface area contributed by atoms with Crippen molar-refractivity contribution in [2.24, 2.45) is 0 Å². The number of nitrogens with zero attached hydrogens (tertiary/aromatic N) is 2. The zero-order valence-corrected chi connectivity index (χ0v) is 14.0. The highest BCUT2D eigenvalue weighted by atomic mass is 16.5. The van der Waals surface area contributed by atoms with Gasteiger partial charge in [-0.15, -0.1) is 0 Å². The van der Waals surface area contributed by atoms with Gasteiger partial charge in [-0.05, 0) is 37.1 Å². The number of benzene rings is 1. The number of aryl methyl sites for hydroxylation is 2. The van der Waals surface area contributed by atoms with Crippen LogP contribution >= 0.6 is 0 Å². The van der Waals surface area contributed by atoms with Crippen molar-refractivity contribution in [1.82, 2.24) is 14.7 Å². The van der Waals surface area contributed by atoms with Crippen molar-refractivity contribution in [2.75, 3.05) is 20.2 Å². The van der Waals surface area contributed by atoms with Gasteiger partial charge in [-0.25, -0.2) is 4.68 Å². The smallest absolute Gasteiger partial charge is 0.265 e. The molecule has 0 saturated carbocycles. The van der Waals surface area contributed by atoms with E-state index in [0.717, 1.165) is 33.7 Å². The molecule has 0 fully saturated rings. The van der Waals surface area contributed by atoms with Gasteiger partial charge in [-0.2, -0.15) is 0 Å². The molecule has 1 aromatic carbocycles. The third-order valence-corrected chi connectivity index (χ3v) is 3.50. The van der Waals surface area contributed by atoms with Crippen LogP contribution in [0.1, 0.15) is 11.1 Å². The lowest BCUT2D eigenvalue weighted by molar-refractivity contribution is -0.131. The Bertz CT molecular complexity index is 818. The van der Waals surface area contributed by atoms with Crippen LogP contribution in [-0.4, -0.2) is 40.8 Å². The van der Waals surface area contributed by atoms with E-state index in [2.05, 4.69) is 11.2 Å². The Hall–Kier alpha value is -2.83. The number of carbonyl (C=O) groups excluding carboxylic acids is 1. The molecular formula is C17H21N3O4. The Labute approximate surface area is 139 Å². The minimum absolute atomic E-state index is 0.213. The maximum Gasteiger partial charge on any atom is 0.265 e. The molecule has 1 N–H and O–H groups in total. The van der Waals surface area contributed by atoms with Gasteiger partial charge in [0.25, 0.3) is 11.1 Å². The van der Waals surface area contributed by atoms with E-state index in [4.69, 9.17) is 4.74 Å². The third-order valence-electron chi connectivity index (χ3n) is 3.50. The van der Waals surface area contributed by atoms with Gasteiger partial charge in [0.2, 0.25) is 5.91 Å². The van der Waals surface area contributed by atoms with Gasteiger partial charge in [0.05, 0.1) is 6.54 Å². The van der Waals surface area contributed by atoms with Gasteiger partial charge < -0.3 is 9.64 Å². The zero-order chi connectivity index (χ0) is 17.7. The zero-order valence-electron chi connectivity index (χ0n) is 14.0. The lowest BCUT2D eigenvalue weighted by Gasteiger charge is -2.18. The van der Waals surface area contributed by atoms with Crippen LogP contribution in [0.25, 0.3) is 0 Å². The van der Waals surface area contributed by atoms with Crippen LogP contribution in [0.4, 0.5) is 0 Å². The Morgan fingerprint density at radius 1 is 1.17 bits per heavy atom. The maximum absolute atomic E-state index is 12.1. The van der Waals surface area contributed by atoms with E-state index < -0.39 is 11.1 Å². The second kappa shape index (κ2) is 7.63. The van der Waals surface area contributed by atoms with Crippen LogP contribution in [0.3, 0.4) is 0 Å². The van der Waals surface area contributed by atoms with Gasteiger partial charge in [0.15, 0.2) is 0 Å². The molecule has 1 heterocycles. The van der Waals surface area contributed by atoms with Crippen molar-refractivity contribution in [3.63, 3.8) is 0 Å². The Morgan fingerprint density at radius 3 is 2.50 bits per heavy atom. The number of hydrogen-bond donors (Lipinski definition) is 1. The average molecular weight is 331 g/mol. The molecule has 0 aliphatic carbocycles. The largest absolute Gasteiger partial charge is 0.492 e. The predicted octanol–water partition coefficient (Wildman–Crippen LogP) is 0.691. The van der Waals surface area contributed by atoms with Crippen molar-refractivity contribution in [2.45, 2.75) is 20.4 Å². The first-order valence-electron chi connectivity index (χ1n) is 7.60. The number of rotatable bonds is 6. The van der Waals surface area contributed by atoms with Crippen molar-refractivity contribution in [3.05, 3.63) is 62.2 Å². The van der Waals surface area contributed by atoms with Gasteiger partial charge in [-0.3, -0.25) is 19.5 Å². The number of likely N-dealkylation sites (N-methyl/N-ethyl adjacent to an activating group) is 1. The molecule has 24 heavy (non-hydrogen) atoms. The summed E-state index contributed by atoms with van der Waals surface area (Å²) in [7, 11) is 1.62. The van der Waals surface area contributed by atoms with Crippen molar-refractivity contribution in [1.29, 1.82) is 0 Å². The molecule has 7 heteroatoms. The van der Waals surface area contributed by atoms with E-state index in [0.29, 0.717) is 13.2 Å². The lowest BCUT2D eigenvalue weighted by Crippen LogP contribution is -2.38. The summed E-state index contributed by atoms with van der Waals surface area (Å²) in [5.74, 6) is 0.472. The summed E-state index contributed by atoms with van der Waals surface area (Å²) in [4.78, 5) is 36.4. The summed E-state index contributed by atoms with van der Waals surface area (Å²) >= 11 is 0. The number of aromatic amines is 1. The van der Waals surface area contributed by atoms with E-state index in [1.54, 1.807) is 7.05 Å². The first kappa shape index (κ1) is 17.5. The second-order valence-electron chi connectivity index (χ2n) is 5.72. The van der Waals surface area contributed by atoms with Crippen molar-refractivity contribution < 1.29 is 9.53 Å². The molecule has 128 valence electrons. The van der Waals surface area contributed by atoms with E-state index in [9.17, 15) is 14.4 Å². The van der Waals surface area contributed by atoms with Crippen molar-refractivity contribution >= 4 is 5.91 Å². The molecular weight excluding hydrogens is 310 g/mol. The highest BCUT2D eigenvalue weighted by Crippen LogP contribution is 2.15. The molecule has 0 atom stereocenters. The summed E-state index contributed by atoms with van der Waals surface area (Å²) in [6, 6.07) is 8.19. The fourth-order valence-electron chi connectivity index (χ4n) is 2.28. The summed E-state index contributed by atoms with van der Waals surface area (Å²) in [6.45, 7) is 4.49. The lowest BCUT2D eigenvalue weighted by atomic mass is 10.1. The monoisotopic (exact) mass is 331 g/mol. The number of H-pyrrole nitrogens is 1. The molecule has 1 aromatic heterocycles. The molecule has 0 saturated heterocycles. The third kappa shape index (κ3) is 4.84. The summed E-state index contributed by atoms with van der Waals surface area (Å²) in [6.07, 6.45) is 0. The number of amides is 1. The number of nitrogens with one attached hydrogen (secondary N) is 1. The van der Waals surface area contributed by atoms with E-state index in [1.165, 1.54) is 4.90 Å². The van der Waals surface area contributed by atoms with Gasteiger partial charge in [0, 0.05) is 19.2 Å². The second-order valence-corrected chi connectivity index (χ2v) is 5.72. The first-order chi connectivity index (χ1) is 11.3. The summed E-state index contributed by atoms with van der Waals surface area (Å²) in [5, 5.41) is 2.33. The van der Waals surface area contributed by atoms with Gasteiger partial charge in [0.1, 0.15) is 18.9 Å². The quantitative estimate of drug-likeness (QED) is 0.844. The van der Waals surface area contributed by atoms with Gasteiger partial charge in [-0.1, -0.05) is 6.07 Å². The Morgan fingerprint density at radius 2 is 1.83 bits per heavy atom. The van der Waals surface area contributed by atoms with Crippen LogP contribution in [0.15, 0.2) is 39.9 Å². The highest BCUT2D eigenvalue weighted by molar-refractivity contribution is 5.75. The van der Waals surface area contributed by atoms with Crippen LogP contribution in [-0.2, 0) is 11.3 Å². The van der Waals surface area contributed by atoms with Gasteiger partial charge >= 0.3 is 0 Å². The predicted molar refractivity (Wildman–Crippen MR) is 90.4 cm³/mol. The normalized spacial score (nSPS) is 10.5.